The highest BCUT2D eigenvalue weighted by atomic mass is 32.1. The second-order valence-corrected chi connectivity index (χ2v) is 8.65. The standard InChI is InChI=1S/C26H20N4S/c1-2-16-9-6-10-20-19-12-11-18(13-22(19)30-24(16)20)29-25-21-14-23(17-7-4-3-5-8-17)31-26(21)28-15-27-25/h3-15,30H,2H2,1H3,(H,27,28,29). The van der Waals surface area contributed by atoms with Gasteiger partial charge in [-0.1, -0.05) is 61.5 Å². The van der Waals surface area contributed by atoms with Gasteiger partial charge in [0.15, 0.2) is 0 Å². The van der Waals surface area contributed by atoms with Crippen molar-refractivity contribution in [2.24, 2.45) is 0 Å². The molecular weight excluding hydrogens is 400 g/mol. The maximum atomic E-state index is 4.53. The van der Waals surface area contributed by atoms with E-state index in [2.05, 4.69) is 93.9 Å². The van der Waals surface area contributed by atoms with E-state index >= 15 is 0 Å². The lowest BCUT2D eigenvalue weighted by molar-refractivity contribution is 1.15. The van der Waals surface area contributed by atoms with Crippen LogP contribution in [0.1, 0.15) is 12.5 Å². The first-order valence-electron chi connectivity index (χ1n) is 10.4. The van der Waals surface area contributed by atoms with Crippen LogP contribution in [0.15, 0.2) is 79.1 Å². The van der Waals surface area contributed by atoms with Gasteiger partial charge in [0.2, 0.25) is 0 Å². The van der Waals surface area contributed by atoms with E-state index in [-0.39, 0.29) is 0 Å². The van der Waals surface area contributed by atoms with Gasteiger partial charge in [0.1, 0.15) is 17.0 Å². The second kappa shape index (κ2) is 7.22. The Morgan fingerprint density at radius 1 is 0.871 bits per heavy atom. The Morgan fingerprint density at radius 2 is 1.77 bits per heavy atom. The van der Waals surface area contributed by atoms with Crippen molar-refractivity contribution in [1.82, 2.24) is 15.0 Å². The molecule has 0 saturated carbocycles. The van der Waals surface area contributed by atoms with Gasteiger partial charge in [0.05, 0.1) is 5.39 Å². The van der Waals surface area contributed by atoms with Gasteiger partial charge < -0.3 is 10.3 Å². The molecule has 0 aliphatic heterocycles. The number of aryl methyl sites for hydroxylation is 1. The Labute approximate surface area is 183 Å². The molecule has 0 saturated heterocycles. The summed E-state index contributed by atoms with van der Waals surface area (Å²) in [6.07, 6.45) is 2.64. The SMILES string of the molecule is CCc1cccc2c1[nH]c1cc(Nc3ncnc4sc(-c5ccccc5)cc34)ccc12. The van der Waals surface area contributed by atoms with Crippen LogP contribution in [0.2, 0.25) is 0 Å². The topological polar surface area (TPSA) is 53.6 Å². The third kappa shape index (κ3) is 3.05. The number of thiophene rings is 1. The molecule has 4 nitrogen and oxygen atoms in total. The zero-order valence-corrected chi connectivity index (χ0v) is 17.8. The lowest BCUT2D eigenvalue weighted by Crippen LogP contribution is -1.94. The lowest BCUT2D eigenvalue weighted by atomic mass is 10.1. The third-order valence-corrected chi connectivity index (χ3v) is 6.84. The molecule has 0 spiro atoms. The highest BCUT2D eigenvalue weighted by Gasteiger charge is 2.12. The molecule has 3 aromatic carbocycles. The van der Waals surface area contributed by atoms with Crippen LogP contribution in [-0.2, 0) is 6.42 Å². The van der Waals surface area contributed by atoms with Crippen molar-refractivity contribution >= 4 is 54.9 Å². The fourth-order valence-electron chi connectivity index (χ4n) is 4.20. The molecule has 0 bridgehead atoms. The number of aromatic nitrogens is 3. The number of H-pyrrole nitrogens is 1. The minimum atomic E-state index is 0.827. The molecule has 0 aliphatic carbocycles. The smallest absolute Gasteiger partial charge is 0.142 e. The Morgan fingerprint density at radius 3 is 2.65 bits per heavy atom. The molecule has 0 amide bonds. The van der Waals surface area contributed by atoms with Gasteiger partial charge in [-0.3, -0.25) is 0 Å². The van der Waals surface area contributed by atoms with Crippen molar-refractivity contribution in [2.75, 3.05) is 5.32 Å². The van der Waals surface area contributed by atoms with E-state index in [1.54, 1.807) is 17.7 Å². The van der Waals surface area contributed by atoms with Crippen LogP contribution in [0.5, 0.6) is 0 Å². The van der Waals surface area contributed by atoms with Gasteiger partial charge in [-0.15, -0.1) is 11.3 Å². The fourth-order valence-corrected chi connectivity index (χ4v) is 5.20. The number of aromatic amines is 1. The van der Waals surface area contributed by atoms with Crippen molar-refractivity contribution in [3.8, 4) is 10.4 Å². The molecule has 3 aromatic heterocycles. The minimum absolute atomic E-state index is 0.827. The predicted octanol–water partition coefficient (Wildman–Crippen LogP) is 7.30. The molecule has 0 atom stereocenters. The molecule has 0 unspecified atom stereocenters. The minimum Gasteiger partial charge on any atom is -0.354 e. The number of hydrogen-bond donors (Lipinski definition) is 2. The number of hydrogen-bond acceptors (Lipinski definition) is 4. The summed E-state index contributed by atoms with van der Waals surface area (Å²) in [7, 11) is 0. The zero-order valence-electron chi connectivity index (χ0n) is 17.0. The Balaban J connectivity index is 1.42. The van der Waals surface area contributed by atoms with Crippen LogP contribution in [-0.4, -0.2) is 15.0 Å². The largest absolute Gasteiger partial charge is 0.354 e. The first-order chi connectivity index (χ1) is 15.3. The predicted molar refractivity (Wildman–Crippen MR) is 131 cm³/mol. The van der Waals surface area contributed by atoms with Crippen LogP contribution in [0, 0.1) is 0 Å². The number of anilines is 2. The Kier molecular flexibility index (Phi) is 4.21. The molecule has 2 N–H and O–H groups in total. The summed E-state index contributed by atoms with van der Waals surface area (Å²) in [4.78, 5) is 14.8. The van der Waals surface area contributed by atoms with Crippen LogP contribution in [0.4, 0.5) is 11.5 Å². The molecule has 6 aromatic rings. The fraction of sp³-hybridized carbons (Fsp3) is 0.0769. The van der Waals surface area contributed by atoms with E-state index in [1.807, 2.05) is 6.07 Å². The van der Waals surface area contributed by atoms with Crippen molar-refractivity contribution in [3.63, 3.8) is 0 Å². The molecule has 0 aliphatic rings. The summed E-state index contributed by atoms with van der Waals surface area (Å²) in [5.74, 6) is 0.827. The van der Waals surface area contributed by atoms with E-state index < -0.39 is 0 Å². The van der Waals surface area contributed by atoms with Gasteiger partial charge in [-0.2, -0.15) is 0 Å². The highest BCUT2D eigenvalue weighted by Crippen LogP contribution is 2.36. The molecule has 0 fully saturated rings. The molecule has 31 heavy (non-hydrogen) atoms. The average molecular weight is 421 g/mol. The molecule has 150 valence electrons. The molecular formula is C26H20N4S. The van der Waals surface area contributed by atoms with E-state index in [0.717, 1.165) is 33.7 Å². The second-order valence-electron chi connectivity index (χ2n) is 7.62. The van der Waals surface area contributed by atoms with Crippen LogP contribution >= 0.6 is 11.3 Å². The maximum Gasteiger partial charge on any atom is 0.142 e. The summed E-state index contributed by atoms with van der Waals surface area (Å²) in [5.41, 5.74) is 5.90. The Bertz CT molecular complexity index is 1550. The van der Waals surface area contributed by atoms with E-state index in [9.17, 15) is 0 Å². The maximum absolute atomic E-state index is 4.53. The van der Waals surface area contributed by atoms with Crippen molar-refractivity contribution in [1.29, 1.82) is 0 Å². The van der Waals surface area contributed by atoms with Gasteiger partial charge in [-0.25, -0.2) is 9.97 Å². The summed E-state index contributed by atoms with van der Waals surface area (Å²) >= 11 is 1.69. The summed E-state index contributed by atoms with van der Waals surface area (Å²) in [5, 5.41) is 7.07. The van der Waals surface area contributed by atoms with Crippen LogP contribution < -0.4 is 5.32 Å². The Hall–Kier alpha value is -3.70. The zero-order chi connectivity index (χ0) is 20.8. The number of nitrogens with zero attached hydrogens (tertiary/aromatic N) is 2. The number of fused-ring (bicyclic) bond motifs is 4. The number of nitrogens with one attached hydrogen (secondary N) is 2. The first kappa shape index (κ1) is 18.1. The number of para-hydroxylation sites is 1. The van der Waals surface area contributed by atoms with Gasteiger partial charge in [0, 0.05) is 32.4 Å². The summed E-state index contributed by atoms with van der Waals surface area (Å²) in [6.45, 7) is 2.19. The van der Waals surface area contributed by atoms with Crippen LogP contribution in [0.25, 0.3) is 42.5 Å². The van der Waals surface area contributed by atoms with Crippen LogP contribution in [0.3, 0.4) is 0 Å². The van der Waals surface area contributed by atoms with E-state index in [4.69, 9.17) is 0 Å². The van der Waals surface area contributed by atoms with Crippen molar-refractivity contribution < 1.29 is 0 Å². The van der Waals surface area contributed by atoms with Crippen molar-refractivity contribution in [2.45, 2.75) is 13.3 Å². The summed E-state index contributed by atoms with van der Waals surface area (Å²) in [6, 6.07) is 25.5. The summed E-state index contributed by atoms with van der Waals surface area (Å²) < 4.78 is 0. The number of benzene rings is 3. The molecule has 5 heteroatoms. The quantitative estimate of drug-likeness (QED) is 0.315. The third-order valence-electron chi connectivity index (χ3n) is 5.75. The van der Waals surface area contributed by atoms with Gasteiger partial charge >= 0.3 is 0 Å². The van der Waals surface area contributed by atoms with E-state index in [1.165, 1.54) is 32.3 Å². The van der Waals surface area contributed by atoms with Gasteiger partial charge in [-0.05, 0) is 35.7 Å². The van der Waals surface area contributed by atoms with E-state index in [0.29, 0.717) is 0 Å². The lowest BCUT2D eigenvalue weighted by Gasteiger charge is -2.06. The first-order valence-corrected chi connectivity index (χ1v) is 11.2. The number of rotatable bonds is 4. The normalized spacial score (nSPS) is 11.5. The van der Waals surface area contributed by atoms with Gasteiger partial charge in [0.25, 0.3) is 0 Å². The average Bonchev–Trinajstić information content (AvgIpc) is 3.41. The molecule has 6 rings (SSSR count). The van der Waals surface area contributed by atoms with Crippen molar-refractivity contribution in [3.05, 3.63) is 84.7 Å². The molecule has 3 heterocycles. The molecule has 0 radical (unpaired) electrons. The monoisotopic (exact) mass is 420 g/mol. The highest BCUT2D eigenvalue weighted by molar-refractivity contribution is 7.21.